The second-order valence-electron chi connectivity index (χ2n) is 3.13. The van der Waals surface area contributed by atoms with Crippen LogP contribution in [0.3, 0.4) is 0 Å². The van der Waals surface area contributed by atoms with Crippen LogP contribution >= 0.6 is 15.9 Å². The van der Waals surface area contributed by atoms with Gasteiger partial charge in [0, 0.05) is 11.8 Å². The summed E-state index contributed by atoms with van der Waals surface area (Å²) in [5.74, 6) is 1.18. The van der Waals surface area contributed by atoms with E-state index in [-0.39, 0.29) is 5.78 Å². The zero-order valence-electron chi connectivity index (χ0n) is 9.46. The van der Waals surface area contributed by atoms with Gasteiger partial charge in [0.1, 0.15) is 17.1 Å². The number of carbonyl (C=O) groups excluding carboxylic acids is 1. The Hall–Kier alpha value is -1.03. The van der Waals surface area contributed by atoms with Gasteiger partial charge < -0.3 is 9.47 Å². The van der Waals surface area contributed by atoms with Gasteiger partial charge in [0.15, 0.2) is 5.78 Å². The number of ketones is 1. The van der Waals surface area contributed by atoms with Crippen molar-refractivity contribution in [1.82, 2.24) is 0 Å². The first-order valence-corrected chi connectivity index (χ1v) is 6.25. The lowest BCUT2D eigenvalue weighted by Gasteiger charge is -2.12. The third-order valence-corrected chi connectivity index (χ3v) is 2.50. The molecule has 0 bridgehead atoms. The van der Waals surface area contributed by atoms with E-state index in [4.69, 9.17) is 9.47 Å². The number of halogens is 1. The van der Waals surface area contributed by atoms with Crippen molar-refractivity contribution in [2.75, 3.05) is 19.0 Å². The van der Waals surface area contributed by atoms with Gasteiger partial charge in [-0.05, 0) is 19.1 Å². The predicted octanol–water partition coefficient (Wildman–Crippen LogP) is 3.06. The lowest BCUT2D eigenvalue weighted by atomic mass is 10.1. The Bertz CT molecular complexity index is 363. The molecule has 0 aliphatic heterocycles. The fourth-order valence-corrected chi connectivity index (χ4v) is 1.80. The molecule has 0 radical (unpaired) electrons. The van der Waals surface area contributed by atoms with Crippen LogP contribution in [0.2, 0.25) is 0 Å². The zero-order valence-corrected chi connectivity index (χ0v) is 11.0. The monoisotopic (exact) mass is 286 g/mol. The molecule has 0 heterocycles. The van der Waals surface area contributed by atoms with E-state index in [1.54, 1.807) is 19.2 Å². The first-order chi connectivity index (χ1) is 7.74. The number of Topliss-reactive ketones (excluding diaryl/α,β-unsaturated/α-hetero) is 1. The fraction of sp³-hybridized carbons (Fsp3) is 0.417. The number of methoxy groups -OCH3 is 1. The molecule has 0 aromatic heterocycles. The van der Waals surface area contributed by atoms with Gasteiger partial charge in [-0.2, -0.15) is 0 Å². The van der Waals surface area contributed by atoms with Crippen molar-refractivity contribution in [3.8, 4) is 11.5 Å². The molecule has 0 saturated carbocycles. The molecule has 88 valence electrons. The normalized spacial score (nSPS) is 9.94. The average Bonchev–Trinajstić information content (AvgIpc) is 2.29. The van der Waals surface area contributed by atoms with Crippen LogP contribution < -0.4 is 9.47 Å². The summed E-state index contributed by atoms with van der Waals surface area (Å²) >= 11 is 3.25. The highest BCUT2D eigenvalue weighted by atomic mass is 79.9. The van der Waals surface area contributed by atoms with Crippen LogP contribution in [0.4, 0.5) is 0 Å². The average molecular weight is 287 g/mol. The summed E-state index contributed by atoms with van der Waals surface area (Å²) < 4.78 is 10.6. The highest BCUT2D eigenvalue weighted by Gasteiger charge is 2.17. The van der Waals surface area contributed by atoms with E-state index in [1.165, 1.54) is 0 Å². The lowest BCUT2D eigenvalue weighted by Crippen LogP contribution is -2.06. The van der Waals surface area contributed by atoms with Crippen LogP contribution in [-0.4, -0.2) is 24.8 Å². The molecule has 0 unspecified atom stereocenters. The molecule has 0 N–H and O–H groups in total. The summed E-state index contributed by atoms with van der Waals surface area (Å²) in [5, 5.41) is 0.634. The molecule has 1 aromatic rings. The molecule has 0 atom stereocenters. The smallest absolute Gasteiger partial charge is 0.171 e. The number of ether oxygens (including phenoxy) is 2. The van der Waals surface area contributed by atoms with Crippen LogP contribution in [0.1, 0.15) is 23.7 Å². The summed E-state index contributed by atoms with van der Waals surface area (Å²) in [4.78, 5) is 11.9. The highest BCUT2D eigenvalue weighted by molar-refractivity contribution is 9.09. The SMILES string of the molecule is CCOc1cccc(OC)c1C(=O)CCBr. The van der Waals surface area contributed by atoms with Gasteiger partial charge in [0.25, 0.3) is 0 Å². The Morgan fingerprint density at radius 3 is 2.62 bits per heavy atom. The molecule has 1 aromatic carbocycles. The summed E-state index contributed by atoms with van der Waals surface area (Å²) in [7, 11) is 1.55. The van der Waals surface area contributed by atoms with E-state index in [2.05, 4.69) is 15.9 Å². The Labute approximate surface area is 104 Å². The third-order valence-electron chi connectivity index (χ3n) is 2.11. The molecule has 3 nitrogen and oxygen atoms in total. The van der Waals surface area contributed by atoms with Gasteiger partial charge in [-0.25, -0.2) is 0 Å². The van der Waals surface area contributed by atoms with Gasteiger partial charge in [0.05, 0.1) is 13.7 Å². The van der Waals surface area contributed by atoms with Crippen LogP contribution in [0.25, 0.3) is 0 Å². The Morgan fingerprint density at radius 1 is 1.38 bits per heavy atom. The zero-order chi connectivity index (χ0) is 12.0. The second kappa shape index (κ2) is 6.53. The molecule has 0 saturated heterocycles. The third kappa shape index (κ3) is 2.98. The van der Waals surface area contributed by atoms with Crippen LogP contribution in [0, 0.1) is 0 Å². The Morgan fingerprint density at radius 2 is 2.06 bits per heavy atom. The summed E-state index contributed by atoms with van der Waals surface area (Å²) in [6, 6.07) is 5.37. The molecule has 0 spiro atoms. The van der Waals surface area contributed by atoms with Crippen LogP contribution in [0.15, 0.2) is 18.2 Å². The maximum Gasteiger partial charge on any atom is 0.171 e. The number of rotatable bonds is 6. The van der Waals surface area contributed by atoms with E-state index >= 15 is 0 Å². The van der Waals surface area contributed by atoms with Gasteiger partial charge in [0.2, 0.25) is 0 Å². The molecule has 0 aliphatic rings. The minimum absolute atomic E-state index is 0.0257. The van der Waals surface area contributed by atoms with Crippen LogP contribution in [-0.2, 0) is 0 Å². The number of hydrogen-bond donors (Lipinski definition) is 0. The molecular formula is C12H15BrO3. The number of carbonyl (C=O) groups is 1. The lowest BCUT2D eigenvalue weighted by molar-refractivity contribution is 0.0983. The predicted molar refractivity (Wildman–Crippen MR) is 66.9 cm³/mol. The van der Waals surface area contributed by atoms with E-state index in [0.717, 1.165) is 0 Å². The summed E-state index contributed by atoms with van der Waals surface area (Å²) in [6.45, 7) is 2.42. The van der Waals surface area contributed by atoms with E-state index in [9.17, 15) is 4.79 Å². The molecule has 0 amide bonds. The first-order valence-electron chi connectivity index (χ1n) is 5.13. The quantitative estimate of drug-likeness (QED) is 0.596. The van der Waals surface area contributed by atoms with Gasteiger partial charge in [-0.15, -0.1) is 0 Å². The fourth-order valence-electron chi connectivity index (χ4n) is 1.44. The van der Waals surface area contributed by atoms with E-state index in [0.29, 0.717) is 35.4 Å². The second-order valence-corrected chi connectivity index (χ2v) is 3.92. The maximum atomic E-state index is 11.9. The molecular weight excluding hydrogens is 272 g/mol. The summed E-state index contributed by atoms with van der Waals surface area (Å²) in [6.07, 6.45) is 0.431. The minimum Gasteiger partial charge on any atom is -0.496 e. The maximum absolute atomic E-state index is 11.9. The van der Waals surface area contributed by atoms with Crippen molar-refractivity contribution in [2.45, 2.75) is 13.3 Å². The highest BCUT2D eigenvalue weighted by Crippen LogP contribution is 2.29. The number of benzene rings is 1. The van der Waals surface area contributed by atoms with Gasteiger partial charge in [-0.1, -0.05) is 22.0 Å². The number of hydrogen-bond acceptors (Lipinski definition) is 3. The van der Waals surface area contributed by atoms with Crippen molar-refractivity contribution in [2.24, 2.45) is 0 Å². The summed E-state index contributed by atoms with van der Waals surface area (Å²) in [5.41, 5.74) is 0.534. The topological polar surface area (TPSA) is 35.5 Å². The number of alkyl halides is 1. The Balaban J connectivity index is 3.13. The van der Waals surface area contributed by atoms with Crippen molar-refractivity contribution in [3.63, 3.8) is 0 Å². The van der Waals surface area contributed by atoms with Crippen LogP contribution in [0.5, 0.6) is 11.5 Å². The van der Waals surface area contributed by atoms with E-state index in [1.807, 2.05) is 13.0 Å². The Kier molecular flexibility index (Phi) is 5.32. The standard InChI is InChI=1S/C12H15BrO3/c1-3-16-11-6-4-5-10(15-2)12(11)9(14)7-8-13/h4-6H,3,7-8H2,1-2H3. The van der Waals surface area contributed by atoms with E-state index < -0.39 is 0 Å². The van der Waals surface area contributed by atoms with Crippen molar-refractivity contribution in [3.05, 3.63) is 23.8 Å². The molecule has 1 rings (SSSR count). The first kappa shape index (κ1) is 13.0. The minimum atomic E-state index is 0.0257. The van der Waals surface area contributed by atoms with Gasteiger partial charge >= 0.3 is 0 Å². The molecule has 0 aliphatic carbocycles. The van der Waals surface area contributed by atoms with Crippen molar-refractivity contribution in [1.29, 1.82) is 0 Å². The molecule has 0 fully saturated rings. The molecule has 16 heavy (non-hydrogen) atoms. The van der Waals surface area contributed by atoms with Crippen molar-refractivity contribution >= 4 is 21.7 Å². The van der Waals surface area contributed by atoms with Crippen molar-refractivity contribution < 1.29 is 14.3 Å². The largest absolute Gasteiger partial charge is 0.496 e. The molecule has 4 heteroatoms. The van der Waals surface area contributed by atoms with Gasteiger partial charge in [-0.3, -0.25) is 4.79 Å².